The van der Waals surface area contributed by atoms with E-state index < -0.39 is 30.9 Å². The number of rotatable bonds is 3. The number of halogens is 4. The maximum Gasteiger partial charge on any atom is 0.389 e. The van der Waals surface area contributed by atoms with E-state index in [-0.39, 0.29) is 5.56 Å². The molecule has 1 aromatic carbocycles. The molecule has 1 rings (SSSR count). The summed E-state index contributed by atoms with van der Waals surface area (Å²) in [7, 11) is 0. The zero-order valence-corrected chi connectivity index (χ0v) is 7.76. The van der Waals surface area contributed by atoms with Gasteiger partial charge in [-0.3, -0.25) is 0 Å². The van der Waals surface area contributed by atoms with Gasteiger partial charge in [0.2, 0.25) is 0 Å². The molecule has 1 nitrogen and oxygen atoms in total. The van der Waals surface area contributed by atoms with Crippen molar-refractivity contribution >= 4 is 0 Å². The summed E-state index contributed by atoms with van der Waals surface area (Å²) in [6, 6.07) is 5.26. The van der Waals surface area contributed by atoms with Crippen LogP contribution in [0.1, 0.15) is 24.5 Å². The van der Waals surface area contributed by atoms with Crippen LogP contribution < -0.4 is 0 Å². The Balaban J connectivity index is 2.62. The largest absolute Gasteiger partial charge is 0.389 e. The lowest BCUT2D eigenvalue weighted by molar-refractivity contribution is -0.140. The first-order chi connectivity index (χ1) is 6.90. The standard InChI is InChI=1S/C10H10F4O/c11-8-4-2-1-3-7(8)9(15)5-6-10(12,13)14/h1-4,9,15H,5-6H2. The highest BCUT2D eigenvalue weighted by molar-refractivity contribution is 5.19. The third-order valence-corrected chi connectivity index (χ3v) is 1.97. The van der Waals surface area contributed by atoms with E-state index in [9.17, 15) is 22.7 Å². The molecule has 0 aliphatic heterocycles. The fourth-order valence-electron chi connectivity index (χ4n) is 1.20. The zero-order valence-electron chi connectivity index (χ0n) is 7.76. The Labute approximate surface area is 84.3 Å². The summed E-state index contributed by atoms with van der Waals surface area (Å²) >= 11 is 0. The first kappa shape index (κ1) is 12.0. The van der Waals surface area contributed by atoms with Crippen LogP contribution in [0.15, 0.2) is 24.3 Å². The molecule has 1 unspecified atom stereocenters. The normalized spacial score (nSPS) is 13.9. The molecule has 0 aromatic heterocycles. The number of benzene rings is 1. The van der Waals surface area contributed by atoms with Crippen molar-refractivity contribution in [2.45, 2.75) is 25.1 Å². The van der Waals surface area contributed by atoms with Crippen LogP contribution in [-0.4, -0.2) is 11.3 Å². The minimum absolute atomic E-state index is 0.0956. The molecule has 0 aliphatic rings. The highest BCUT2D eigenvalue weighted by Gasteiger charge is 2.28. The molecule has 1 N–H and O–H groups in total. The van der Waals surface area contributed by atoms with Gasteiger partial charge in [-0.1, -0.05) is 18.2 Å². The van der Waals surface area contributed by atoms with Crippen LogP contribution in [0.4, 0.5) is 17.6 Å². The van der Waals surface area contributed by atoms with Crippen molar-refractivity contribution in [1.29, 1.82) is 0 Å². The lowest BCUT2D eigenvalue weighted by Crippen LogP contribution is -2.10. The van der Waals surface area contributed by atoms with Gasteiger partial charge in [-0.05, 0) is 12.5 Å². The third-order valence-electron chi connectivity index (χ3n) is 1.97. The van der Waals surface area contributed by atoms with E-state index in [4.69, 9.17) is 0 Å². The maximum absolute atomic E-state index is 13.0. The van der Waals surface area contributed by atoms with Crippen molar-refractivity contribution in [2.75, 3.05) is 0 Å². The first-order valence-corrected chi connectivity index (χ1v) is 4.39. The fourth-order valence-corrected chi connectivity index (χ4v) is 1.20. The quantitative estimate of drug-likeness (QED) is 0.778. The second kappa shape index (κ2) is 4.61. The van der Waals surface area contributed by atoms with E-state index in [1.54, 1.807) is 0 Å². The van der Waals surface area contributed by atoms with Crippen molar-refractivity contribution in [2.24, 2.45) is 0 Å². The molecular weight excluding hydrogens is 212 g/mol. The Morgan fingerprint density at radius 1 is 1.20 bits per heavy atom. The number of hydrogen-bond acceptors (Lipinski definition) is 1. The number of aliphatic hydroxyl groups is 1. The van der Waals surface area contributed by atoms with Gasteiger partial charge in [0.15, 0.2) is 0 Å². The van der Waals surface area contributed by atoms with Gasteiger partial charge in [0.1, 0.15) is 5.82 Å². The van der Waals surface area contributed by atoms with Crippen LogP contribution in [-0.2, 0) is 0 Å². The minimum atomic E-state index is -4.33. The van der Waals surface area contributed by atoms with E-state index in [0.29, 0.717) is 0 Å². The summed E-state index contributed by atoms with van der Waals surface area (Å²) in [6.07, 6.45) is -7.38. The average Bonchev–Trinajstić information content (AvgIpc) is 2.14. The van der Waals surface area contributed by atoms with Gasteiger partial charge < -0.3 is 5.11 Å². The Morgan fingerprint density at radius 3 is 2.33 bits per heavy atom. The highest BCUT2D eigenvalue weighted by Crippen LogP contribution is 2.28. The molecule has 0 radical (unpaired) electrons. The predicted octanol–water partition coefficient (Wildman–Crippen LogP) is 3.20. The summed E-state index contributed by atoms with van der Waals surface area (Å²) in [5.74, 6) is -0.688. The fraction of sp³-hybridized carbons (Fsp3) is 0.400. The molecule has 84 valence electrons. The van der Waals surface area contributed by atoms with E-state index in [0.717, 1.165) is 6.07 Å². The van der Waals surface area contributed by atoms with E-state index >= 15 is 0 Å². The molecule has 1 aromatic rings. The van der Waals surface area contributed by atoms with Gasteiger partial charge in [-0.15, -0.1) is 0 Å². The van der Waals surface area contributed by atoms with Crippen molar-refractivity contribution in [3.8, 4) is 0 Å². The molecule has 0 saturated heterocycles. The Bertz CT molecular complexity index is 321. The van der Waals surface area contributed by atoms with E-state index in [1.165, 1.54) is 18.2 Å². The second-order valence-corrected chi connectivity index (χ2v) is 3.19. The number of hydrogen-bond donors (Lipinski definition) is 1. The van der Waals surface area contributed by atoms with Crippen LogP contribution in [0.3, 0.4) is 0 Å². The molecule has 1 atom stereocenters. The van der Waals surface area contributed by atoms with Crippen LogP contribution >= 0.6 is 0 Å². The lowest BCUT2D eigenvalue weighted by atomic mass is 10.0. The molecule has 0 fully saturated rings. The van der Waals surface area contributed by atoms with Gasteiger partial charge in [0.25, 0.3) is 0 Å². The predicted molar refractivity (Wildman–Crippen MR) is 46.6 cm³/mol. The zero-order chi connectivity index (χ0) is 11.5. The molecule has 0 bridgehead atoms. The Hall–Kier alpha value is -1.10. The number of aliphatic hydroxyl groups excluding tert-OH is 1. The first-order valence-electron chi connectivity index (χ1n) is 4.39. The molecule has 0 aliphatic carbocycles. The monoisotopic (exact) mass is 222 g/mol. The highest BCUT2D eigenvalue weighted by atomic mass is 19.4. The lowest BCUT2D eigenvalue weighted by Gasteiger charge is -2.13. The topological polar surface area (TPSA) is 20.2 Å². The van der Waals surface area contributed by atoms with Gasteiger partial charge >= 0.3 is 6.18 Å². The summed E-state index contributed by atoms with van der Waals surface area (Å²) < 4.78 is 48.5. The Morgan fingerprint density at radius 2 is 1.80 bits per heavy atom. The van der Waals surface area contributed by atoms with Gasteiger partial charge in [-0.25, -0.2) is 4.39 Å². The summed E-state index contributed by atoms with van der Waals surface area (Å²) in [5.41, 5.74) is -0.0956. The van der Waals surface area contributed by atoms with Crippen molar-refractivity contribution < 1.29 is 22.7 Å². The number of alkyl halides is 3. The second-order valence-electron chi connectivity index (χ2n) is 3.19. The SMILES string of the molecule is OC(CCC(F)(F)F)c1ccccc1F. The molecular formula is C10H10F4O. The van der Waals surface area contributed by atoms with E-state index in [1.807, 2.05) is 0 Å². The molecule has 5 heteroatoms. The molecule has 0 spiro atoms. The summed E-state index contributed by atoms with van der Waals surface area (Å²) in [5, 5.41) is 9.32. The van der Waals surface area contributed by atoms with Crippen LogP contribution in [0.5, 0.6) is 0 Å². The maximum atomic E-state index is 13.0. The van der Waals surface area contributed by atoms with Gasteiger partial charge in [-0.2, -0.15) is 13.2 Å². The van der Waals surface area contributed by atoms with Crippen molar-refractivity contribution in [3.05, 3.63) is 35.6 Å². The Kier molecular flexibility index (Phi) is 3.68. The minimum Gasteiger partial charge on any atom is -0.388 e. The van der Waals surface area contributed by atoms with Crippen LogP contribution in [0.2, 0.25) is 0 Å². The molecule has 0 saturated carbocycles. The van der Waals surface area contributed by atoms with Crippen molar-refractivity contribution in [3.63, 3.8) is 0 Å². The molecule has 0 heterocycles. The van der Waals surface area contributed by atoms with Crippen LogP contribution in [0.25, 0.3) is 0 Å². The summed E-state index contributed by atoms with van der Waals surface area (Å²) in [6.45, 7) is 0. The summed E-state index contributed by atoms with van der Waals surface area (Å²) in [4.78, 5) is 0. The smallest absolute Gasteiger partial charge is 0.388 e. The van der Waals surface area contributed by atoms with Gasteiger partial charge in [0, 0.05) is 12.0 Å². The third kappa shape index (κ3) is 3.87. The molecule has 15 heavy (non-hydrogen) atoms. The van der Waals surface area contributed by atoms with Crippen molar-refractivity contribution in [1.82, 2.24) is 0 Å². The van der Waals surface area contributed by atoms with E-state index in [2.05, 4.69) is 0 Å². The van der Waals surface area contributed by atoms with Crippen LogP contribution in [0, 0.1) is 5.82 Å². The van der Waals surface area contributed by atoms with Gasteiger partial charge in [0.05, 0.1) is 6.10 Å². The molecule has 0 amide bonds. The average molecular weight is 222 g/mol.